The Balaban J connectivity index is 1.74. The summed E-state index contributed by atoms with van der Waals surface area (Å²) >= 11 is 3.34. The highest BCUT2D eigenvalue weighted by molar-refractivity contribution is 9.10. The van der Waals surface area contributed by atoms with E-state index in [9.17, 15) is 13.2 Å². The lowest BCUT2D eigenvalue weighted by atomic mass is 10.0. The van der Waals surface area contributed by atoms with Crippen LogP contribution in [0.1, 0.15) is 29.5 Å². The van der Waals surface area contributed by atoms with Gasteiger partial charge in [-0.05, 0) is 73.5 Å². The Kier molecular flexibility index (Phi) is 6.35. The Hall–Kier alpha value is -2.00. The maximum Gasteiger partial charge on any atom is 0.252 e. The predicted octanol–water partition coefficient (Wildman–Crippen LogP) is 4.28. The fraction of sp³-hybridized carbons (Fsp3) is 0.348. The number of sulfonamides is 1. The number of ether oxygens (including phenoxy) is 1. The quantitative estimate of drug-likeness (QED) is 0.543. The molecule has 2 aromatic carbocycles. The number of H-pyrrole nitrogens is 1. The number of hydrogen-bond acceptors (Lipinski definition) is 4. The summed E-state index contributed by atoms with van der Waals surface area (Å²) in [6.45, 7) is 4.79. The topological polar surface area (TPSA) is 79.5 Å². The summed E-state index contributed by atoms with van der Waals surface area (Å²) in [7, 11) is -3.81. The predicted molar refractivity (Wildman–Crippen MR) is 125 cm³/mol. The molecule has 0 bridgehead atoms. The molecule has 4 rings (SSSR count). The number of hydrogen-bond donors (Lipinski definition) is 1. The lowest BCUT2D eigenvalue weighted by Gasteiger charge is -2.25. The van der Waals surface area contributed by atoms with Gasteiger partial charge in [-0.15, -0.1) is 0 Å². The van der Waals surface area contributed by atoms with Gasteiger partial charge in [-0.1, -0.05) is 28.1 Å². The number of halogens is 1. The molecule has 1 saturated heterocycles. The van der Waals surface area contributed by atoms with Crippen molar-refractivity contribution in [3.05, 3.63) is 74.0 Å². The SMILES string of the molecule is Cc1ccc2cc(CN(C[C@H]3CCCO3)S(=O)(=O)c3ccc(Br)cc3)c(=O)[nH]c2c1C. The van der Waals surface area contributed by atoms with Crippen molar-refractivity contribution in [1.29, 1.82) is 0 Å². The second-order valence-electron chi connectivity index (χ2n) is 7.98. The maximum absolute atomic E-state index is 13.5. The largest absolute Gasteiger partial charge is 0.377 e. The van der Waals surface area contributed by atoms with Crippen LogP contribution in [-0.4, -0.2) is 37.0 Å². The Labute approximate surface area is 190 Å². The first-order valence-electron chi connectivity index (χ1n) is 10.2. The minimum absolute atomic E-state index is 0.0174. The molecule has 1 N–H and O–H groups in total. The molecule has 31 heavy (non-hydrogen) atoms. The number of aryl methyl sites for hydroxylation is 2. The third-order valence-electron chi connectivity index (χ3n) is 5.86. The van der Waals surface area contributed by atoms with Gasteiger partial charge in [0.05, 0.1) is 16.5 Å². The van der Waals surface area contributed by atoms with E-state index in [1.165, 1.54) is 4.31 Å². The zero-order valence-electron chi connectivity index (χ0n) is 17.5. The summed E-state index contributed by atoms with van der Waals surface area (Å²) in [5, 5.41) is 0.885. The summed E-state index contributed by atoms with van der Waals surface area (Å²) in [6, 6.07) is 12.3. The van der Waals surface area contributed by atoms with E-state index in [0.717, 1.165) is 39.3 Å². The van der Waals surface area contributed by atoms with Crippen LogP contribution in [0.15, 0.2) is 56.6 Å². The van der Waals surface area contributed by atoms with Crippen LogP contribution in [-0.2, 0) is 21.3 Å². The lowest BCUT2D eigenvalue weighted by Crippen LogP contribution is -2.38. The van der Waals surface area contributed by atoms with Crippen LogP contribution in [0.5, 0.6) is 0 Å². The Morgan fingerprint density at radius 3 is 2.58 bits per heavy atom. The van der Waals surface area contributed by atoms with Crippen LogP contribution in [0.25, 0.3) is 10.9 Å². The van der Waals surface area contributed by atoms with Crippen LogP contribution in [0.2, 0.25) is 0 Å². The molecule has 3 aromatic rings. The molecule has 0 saturated carbocycles. The minimum Gasteiger partial charge on any atom is -0.377 e. The highest BCUT2D eigenvalue weighted by Gasteiger charge is 2.30. The van der Waals surface area contributed by atoms with Gasteiger partial charge in [-0.2, -0.15) is 4.31 Å². The van der Waals surface area contributed by atoms with Crippen molar-refractivity contribution in [2.75, 3.05) is 13.2 Å². The van der Waals surface area contributed by atoms with Crippen molar-refractivity contribution in [2.45, 2.75) is 44.2 Å². The molecule has 0 amide bonds. The number of nitrogens with zero attached hydrogens (tertiary/aromatic N) is 1. The van der Waals surface area contributed by atoms with Crippen LogP contribution in [0.4, 0.5) is 0 Å². The smallest absolute Gasteiger partial charge is 0.252 e. The van der Waals surface area contributed by atoms with Gasteiger partial charge in [-0.25, -0.2) is 8.42 Å². The van der Waals surface area contributed by atoms with Crippen LogP contribution in [0.3, 0.4) is 0 Å². The number of benzene rings is 2. The van der Waals surface area contributed by atoms with Gasteiger partial charge < -0.3 is 9.72 Å². The maximum atomic E-state index is 13.5. The lowest BCUT2D eigenvalue weighted by molar-refractivity contribution is 0.0925. The van der Waals surface area contributed by atoms with E-state index in [1.54, 1.807) is 30.3 Å². The monoisotopic (exact) mass is 504 g/mol. The molecule has 1 fully saturated rings. The Morgan fingerprint density at radius 1 is 1.16 bits per heavy atom. The standard InChI is InChI=1S/C23H25BrN2O4S/c1-15-5-6-17-12-18(23(27)25-22(17)16(15)2)13-26(14-20-4-3-11-30-20)31(28,29)21-9-7-19(24)8-10-21/h5-10,12,20H,3-4,11,13-14H2,1-2H3,(H,25,27)/t20-/m1/s1. The van der Waals surface area contributed by atoms with Crippen molar-refractivity contribution in [3.63, 3.8) is 0 Å². The van der Waals surface area contributed by atoms with E-state index in [1.807, 2.05) is 26.0 Å². The normalized spacial score (nSPS) is 17.0. The first kappa shape index (κ1) is 22.2. The van der Waals surface area contributed by atoms with Crippen LogP contribution >= 0.6 is 15.9 Å². The molecular weight excluding hydrogens is 480 g/mol. The van der Waals surface area contributed by atoms with E-state index < -0.39 is 10.0 Å². The van der Waals surface area contributed by atoms with Gasteiger partial charge in [-0.3, -0.25) is 4.79 Å². The summed E-state index contributed by atoms with van der Waals surface area (Å²) in [5.41, 5.74) is 3.03. The van der Waals surface area contributed by atoms with Crippen molar-refractivity contribution >= 4 is 36.9 Å². The summed E-state index contributed by atoms with van der Waals surface area (Å²) in [4.78, 5) is 16.0. The minimum atomic E-state index is -3.81. The molecule has 0 radical (unpaired) electrons. The number of aromatic amines is 1. The van der Waals surface area contributed by atoms with Gasteiger partial charge >= 0.3 is 0 Å². The molecule has 0 unspecified atom stereocenters. The first-order chi connectivity index (χ1) is 14.8. The molecule has 164 valence electrons. The molecule has 0 aliphatic carbocycles. The van der Waals surface area contributed by atoms with Crippen molar-refractivity contribution < 1.29 is 13.2 Å². The number of nitrogens with one attached hydrogen (secondary N) is 1. The summed E-state index contributed by atoms with van der Waals surface area (Å²) in [5.74, 6) is 0. The number of aromatic nitrogens is 1. The van der Waals surface area contributed by atoms with Crippen molar-refractivity contribution in [2.24, 2.45) is 0 Å². The van der Waals surface area contributed by atoms with E-state index in [-0.39, 0.29) is 29.6 Å². The van der Waals surface area contributed by atoms with Gasteiger partial charge in [0.1, 0.15) is 0 Å². The Bertz CT molecular complexity index is 1260. The molecule has 1 aromatic heterocycles. The molecule has 1 aliphatic rings. The van der Waals surface area contributed by atoms with E-state index in [2.05, 4.69) is 20.9 Å². The molecule has 6 nitrogen and oxygen atoms in total. The van der Waals surface area contributed by atoms with Crippen LogP contribution in [0, 0.1) is 13.8 Å². The van der Waals surface area contributed by atoms with E-state index in [0.29, 0.717) is 12.2 Å². The summed E-state index contributed by atoms with van der Waals surface area (Å²) in [6.07, 6.45) is 1.54. The third-order valence-corrected chi connectivity index (χ3v) is 8.21. The van der Waals surface area contributed by atoms with Gasteiger partial charge in [0.2, 0.25) is 10.0 Å². The molecule has 1 aliphatic heterocycles. The average molecular weight is 505 g/mol. The van der Waals surface area contributed by atoms with E-state index >= 15 is 0 Å². The van der Waals surface area contributed by atoms with Gasteiger partial charge in [0.25, 0.3) is 5.56 Å². The fourth-order valence-corrected chi connectivity index (χ4v) is 5.61. The highest BCUT2D eigenvalue weighted by atomic mass is 79.9. The Morgan fingerprint density at radius 2 is 1.90 bits per heavy atom. The molecule has 0 spiro atoms. The van der Waals surface area contributed by atoms with Crippen molar-refractivity contribution in [1.82, 2.24) is 9.29 Å². The second kappa shape index (κ2) is 8.86. The average Bonchev–Trinajstić information content (AvgIpc) is 3.25. The zero-order chi connectivity index (χ0) is 22.2. The second-order valence-corrected chi connectivity index (χ2v) is 10.8. The van der Waals surface area contributed by atoms with E-state index in [4.69, 9.17) is 4.74 Å². The highest BCUT2D eigenvalue weighted by Crippen LogP contribution is 2.24. The first-order valence-corrected chi connectivity index (χ1v) is 12.5. The molecule has 8 heteroatoms. The molecule has 1 atom stereocenters. The summed E-state index contributed by atoms with van der Waals surface area (Å²) < 4.78 is 34.8. The van der Waals surface area contributed by atoms with Gasteiger partial charge in [0, 0.05) is 29.7 Å². The molecular formula is C23H25BrN2O4S. The number of fused-ring (bicyclic) bond motifs is 1. The number of pyridine rings is 1. The van der Waals surface area contributed by atoms with Gasteiger partial charge in [0.15, 0.2) is 0 Å². The third kappa shape index (κ3) is 4.62. The van der Waals surface area contributed by atoms with Crippen LogP contribution < -0.4 is 5.56 Å². The number of rotatable bonds is 6. The molecule has 2 heterocycles. The van der Waals surface area contributed by atoms with Crippen molar-refractivity contribution in [3.8, 4) is 0 Å². The zero-order valence-corrected chi connectivity index (χ0v) is 19.9. The fourth-order valence-electron chi connectivity index (χ4n) is 3.90.